The summed E-state index contributed by atoms with van der Waals surface area (Å²) in [5, 5.41) is 11.2. The fraction of sp³-hybridized carbons (Fsp3) is 0.632. The number of carbonyl (C=O) groups is 1. The molecule has 2 fully saturated rings. The van der Waals surface area contributed by atoms with E-state index in [4.69, 9.17) is 15.9 Å². The van der Waals surface area contributed by atoms with E-state index in [2.05, 4.69) is 26.2 Å². The van der Waals surface area contributed by atoms with Crippen LogP contribution in [0.3, 0.4) is 0 Å². The van der Waals surface area contributed by atoms with Crippen LogP contribution in [-0.2, 0) is 4.74 Å². The average Bonchev–Trinajstić information content (AvgIpc) is 2.67. The molecule has 2 saturated heterocycles. The van der Waals surface area contributed by atoms with Gasteiger partial charge in [-0.05, 0) is 26.8 Å². The summed E-state index contributed by atoms with van der Waals surface area (Å²) in [5.74, 6) is 0.760. The monoisotopic (exact) mass is 389 g/mol. The van der Waals surface area contributed by atoms with Crippen molar-refractivity contribution in [1.29, 1.82) is 5.41 Å². The van der Waals surface area contributed by atoms with Crippen molar-refractivity contribution in [3.8, 4) is 0 Å². The first-order chi connectivity index (χ1) is 13.2. The number of anilines is 2. The van der Waals surface area contributed by atoms with Gasteiger partial charge in [0.2, 0.25) is 0 Å². The van der Waals surface area contributed by atoms with E-state index < -0.39 is 5.60 Å². The highest BCUT2D eigenvalue weighted by Crippen LogP contribution is 2.24. The van der Waals surface area contributed by atoms with E-state index in [-0.39, 0.29) is 11.9 Å². The Bertz CT molecular complexity index is 717. The van der Waals surface area contributed by atoms with Crippen LogP contribution < -0.4 is 20.9 Å². The fourth-order valence-electron chi connectivity index (χ4n) is 3.35. The van der Waals surface area contributed by atoms with E-state index in [1.165, 1.54) is 0 Å². The van der Waals surface area contributed by atoms with E-state index in [0.717, 1.165) is 37.7 Å². The molecule has 0 radical (unpaired) electrons. The van der Waals surface area contributed by atoms with Gasteiger partial charge in [0.15, 0.2) is 0 Å². The Labute approximate surface area is 166 Å². The number of nitrogens with one attached hydrogen (secondary N) is 2. The zero-order valence-electron chi connectivity index (χ0n) is 17.0. The molecule has 0 aliphatic carbocycles. The molecule has 0 spiro atoms. The van der Waals surface area contributed by atoms with Gasteiger partial charge in [0.25, 0.3) is 0 Å². The smallest absolute Gasteiger partial charge is 0.410 e. The maximum atomic E-state index is 12.3. The molecule has 2 aliphatic heterocycles. The third-order valence-corrected chi connectivity index (χ3v) is 4.81. The number of ether oxygens (including phenoxy) is 1. The number of aromatic nitrogens is 1. The number of pyridine rings is 1. The van der Waals surface area contributed by atoms with Crippen molar-refractivity contribution < 1.29 is 9.53 Å². The number of rotatable bonds is 3. The van der Waals surface area contributed by atoms with Crippen molar-refractivity contribution in [2.75, 3.05) is 62.2 Å². The zero-order chi connectivity index (χ0) is 20.3. The molecule has 9 nitrogen and oxygen atoms in total. The van der Waals surface area contributed by atoms with Crippen LogP contribution in [0.1, 0.15) is 26.5 Å². The molecule has 0 aromatic carbocycles. The second-order valence-electron chi connectivity index (χ2n) is 8.17. The maximum absolute atomic E-state index is 12.3. The lowest BCUT2D eigenvalue weighted by molar-refractivity contribution is 0.0240. The molecule has 0 saturated carbocycles. The quantitative estimate of drug-likeness (QED) is 0.519. The SMILES string of the molecule is CC(C)(C)OC(=O)N1CCN(c2cc(N3CCNCC3)cc(C(=N)N)n2)CC1. The molecule has 1 aromatic heterocycles. The van der Waals surface area contributed by atoms with Gasteiger partial charge < -0.3 is 30.5 Å². The number of amides is 1. The molecule has 9 heteroatoms. The molecule has 2 aliphatic rings. The van der Waals surface area contributed by atoms with Crippen LogP contribution in [0.15, 0.2) is 12.1 Å². The van der Waals surface area contributed by atoms with Crippen LogP contribution in [0.4, 0.5) is 16.3 Å². The Morgan fingerprint density at radius 1 is 1.11 bits per heavy atom. The van der Waals surface area contributed by atoms with E-state index in [9.17, 15) is 4.79 Å². The number of nitrogens with two attached hydrogens (primary N) is 1. The number of amidine groups is 1. The number of nitrogens with zero attached hydrogens (tertiary/aromatic N) is 4. The number of piperazine rings is 2. The van der Waals surface area contributed by atoms with Crippen molar-refractivity contribution >= 4 is 23.4 Å². The fourth-order valence-corrected chi connectivity index (χ4v) is 3.35. The topological polar surface area (TPSA) is 111 Å². The Morgan fingerprint density at radius 2 is 1.75 bits per heavy atom. The highest BCUT2D eigenvalue weighted by molar-refractivity contribution is 5.94. The first-order valence-electron chi connectivity index (χ1n) is 9.78. The molecule has 0 atom stereocenters. The Balaban J connectivity index is 1.72. The number of nitrogen functional groups attached to an aromatic ring is 1. The van der Waals surface area contributed by atoms with Gasteiger partial charge in [-0.15, -0.1) is 0 Å². The van der Waals surface area contributed by atoms with Gasteiger partial charge in [0, 0.05) is 64.1 Å². The van der Waals surface area contributed by atoms with E-state index in [0.29, 0.717) is 31.9 Å². The maximum Gasteiger partial charge on any atom is 0.410 e. The summed E-state index contributed by atoms with van der Waals surface area (Å²) < 4.78 is 5.46. The predicted molar refractivity (Wildman–Crippen MR) is 110 cm³/mol. The van der Waals surface area contributed by atoms with E-state index >= 15 is 0 Å². The van der Waals surface area contributed by atoms with Crippen molar-refractivity contribution in [2.24, 2.45) is 5.73 Å². The summed E-state index contributed by atoms with van der Waals surface area (Å²) in [6.07, 6.45) is -0.279. The van der Waals surface area contributed by atoms with E-state index in [1.54, 1.807) is 4.90 Å². The van der Waals surface area contributed by atoms with Crippen LogP contribution in [0.25, 0.3) is 0 Å². The van der Waals surface area contributed by atoms with Crippen molar-refractivity contribution in [3.63, 3.8) is 0 Å². The Morgan fingerprint density at radius 3 is 2.32 bits per heavy atom. The highest BCUT2D eigenvalue weighted by Gasteiger charge is 2.27. The summed E-state index contributed by atoms with van der Waals surface area (Å²) >= 11 is 0. The molecule has 3 rings (SSSR count). The van der Waals surface area contributed by atoms with Gasteiger partial charge >= 0.3 is 6.09 Å². The third kappa shape index (κ3) is 5.03. The van der Waals surface area contributed by atoms with Crippen molar-refractivity contribution in [1.82, 2.24) is 15.2 Å². The molecular weight excluding hydrogens is 358 g/mol. The van der Waals surface area contributed by atoms with Crippen LogP contribution in [0.5, 0.6) is 0 Å². The molecule has 1 aromatic rings. The third-order valence-electron chi connectivity index (χ3n) is 4.81. The average molecular weight is 390 g/mol. The van der Waals surface area contributed by atoms with Gasteiger partial charge in [0.05, 0.1) is 0 Å². The molecule has 4 N–H and O–H groups in total. The Kier molecular flexibility index (Phi) is 5.93. The second kappa shape index (κ2) is 8.22. The Hall–Kier alpha value is -2.55. The van der Waals surface area contributed by atoms with Gasteiger partial charge in [-0.25, -0.2) is 9.78 Å². The standard InChI is InChI=1S/C19H31N7O2/c1-19(2,3)28-18(27)26-10-8-25(9-11-26)16-13-14(12-15(23-16)17(20)21)24-6-4-22-5-7-24/h12-13,22H,4-11H2,1-3H3,(H3,20,21). The van der Waals surface area contributed by atoms with Gasteiger partial charge in [-0.1, -0.05) is 0 Å². The van der Waals surface area contributed by atoms with E-state index in [1.807, 2.05) is 26.8 Å². The zero-order valence-corrected chi connectivity index (χ0v) is 17.0. The summed E-state index contributed by atoms with van der Waals surface area (Å²) in [6, 6.07) is 3.94. The van der Waals surface area contributed by atoms with Crippen molar-refractivity contribution in [2.45, 2.75) is 26.4 Å². The first-order valence-corrected chi connectivity index (χ1v) is 9.78. The summed E-state index contributed by atoms with van der Waals surface area (Å²) in [5.41, 5.74) is 6.76. The highest BCUT2D eigenvalue weighted by atomic mass is 16.6. The minimum atomic E-state index is -0.496. The molecule has 3 heterocycles. The van der Waals surface area contributed by atoms with Gasteiger partial charge in [-0.2, -0.15) is 0 Å². The van der Waals surface area contributed by atoms with Crippen LogP contribution >= 0.6 is 0 Å². The van der Waals surface area contributed by atoms with Crippen molar-refractivity contribution in [3.05, 3.63) is 17.8 Å². The molecule has 0 unspecified atom stereocenters. The van der Waals surface area contributed by atoms with Crippen LogP contribution in [-0.4, -0.2) is 79.8 Å². The lowest BCUT2D eigenvalue weighted by Crippen LogP contribution is -2.50. The first kappa shape index (κ1) is 20.2. The molecule has 154 valence electrons. The largest absolute Gasteiger partial charge is 0.444 e. The number of hydrogen-bond donors (Lipinski definition) is 3. The lowest BCUT2D eigenvalue weighted by atomic mass is 10.2. The minimum absolute atomic E-state index is 0.0365. The number of hydrogen-bond acceptors (Lipinski definition) is 7. The van der Waals surface area contributed by atoms with Crippen LogP contribution in [0, 0.1) is 5.41 Å². The summed E-state index contributed by atoms with van der Waals surface area (Å²) in [7, 11) is 0. The lowest BCUT2D eigenvalue weighted by Gasteiger charge is -2.37. The normalized spacial score (nSPS) is 18.2. The summed E-state index contributed by atoms with van der Waals surface area (Å²) in [6.45, 7) is 11.8. The molecule has 0 bridgehead atoms. The predicted octanol–water partition coefficient (Wildman–Crippen LogP) is 0.832. The van der Waals surface area contributed by atoms with Gasteiger partial charge in [0.1, 0.15) is 22.9 Å². The van der Waals surface area contributed by atoms with Crippen LogP contribution in [0.2, 0.25) is 0 Å². The minimum Gasteiger partial charge on any atom is -0.444 e. The molecular formula is C19H31N7O2. The second-order valence-corrected chi connectivity index (χ2v) is 8.17. The molecule has 1 amide bonds. The summed E-state index contributed by atoms with van der Waals surface area (Å²) in [4.78, 5) is 23.0. The number of carbonyl (C=O) groups excluding carboxylic acids is 1. The molecule has 28 heavy (non-hydrogen) atoms. The van der Waals surface area contributed by atoms with Gasteiger partial charge in [-0.3, -0.25) is 5.41 Å².